The van der Waals surface area contributed by atoms with Gasteiger partial charge in [0.1, 0.15) is 5.41 Å². The first kappa shape index (κ1) is 16.2. The zero-order valence-electron chi connectivity index (χ0n) is 12.8. The van der Waals surface area contributed by atoms with Crippen molar-refractivity contribution in [1.29, 1.82) is 0 Å². The van der Waals surface area contributed by atoms with Crippen molar-refractivity contribution in [2.45, 2.75) is 33.6 Å². The highest BCUT2D eigenvalue weighted by Gasteiger charge is 2.37. The molecule has 0 radical (unpaired) electrons. The van der Waals surface area contributed by atoms with Gasteiger partial charge in [-0.2, -0.15) is 0 Å². The van der Waals surface area contributed by atoms with Crippen LogP contribution >= 0.6 is 0 Å². The zero-order valence-corrected chi connectivity index (χ0v) is 12.8. The normalized spacial score (nSPS) is 11.0. The second-order valence-electron chi connectivity index (χ2n) is 5.53. The number of amides is 2. The molecule has 4 heteroatoms. The maximum Gasteiger partial charge on any atom is 0.239 e. The van der Waals surface area contributed by atoms with Crippen LogP contribution in [0.15, 0.2) is 30.3 Å². The molecule has 0 fully saturated rings. The largest absolute Gasteiger partial charge is 0.345 e. The molecule has 0 spiro atoms. The second kappa shape index (κ2) is 7.08. The van der Waals surface area contributed by atoms with Crippen LogP contribution in [-0.2, 0) is 9.59 Å². The van der Waals surface area contributed by atoms with E-state index >= 15 is 0 Å². The van der Waals surface area contributed by atoms with Crippen molar-refractivity contribution in [2.75, 3.05) is 18.9 Å². The van der Waals surface area contributed by atoms with Crippen molar-refractivity contribution in [2.24, 2.45) is 5.41 Å². The maximum atomic E-state index is 12.4. The fourth-order valence-corrected chi connectivity index (χ4v) is 1.88. The van der Waals surface area contributed by atoms with E-state index in [0.29, 0.717) is 12.2 Å². The molecule has 1 aromatic rings. The van der Waals surface area contributed by atoms with Crippen LogP contribution in [0.4, 0.5) is 5.69 Å². The molecule has 0 aromatic heterocycles. The molecular weight excluding hydrogens is 252 g/mol. The highest BCUT2D eigenvalue weighted by molar-refractivity contribution is 6.09. The van der Waals surface area contributed by atoms with Crippen molar-refractivity contribution >= 4 is 17.5 Å². The van der Waals surface area contributed by atoms with Gasteiger partial charge in [0.25, 0.3) is 0 Å². The first-order valence-corrected chi connectivity index (χ1v) is 7.01. The smallest absolute Gasteiger partial charge is 0.239 e. The van der Waals surface area contributed by atoms with E-state index in [0.717, 1.165) is 12.8 Å². The predicted octanol–water partition coefficient (Wildman–Crippen LogP) is 2.91. The quantitative estimate of drug-likeness (QED) is 0.812. The number of benzene rings is 1. The monoisotopic (exact) mass is 276 g/mol. The Labute approximate surface area is 121 Å². The molecule has 1 N–H and O–H groups in total. The van der Waals surface area contributed by atoms with E-state index in [-0.39, 0.29) is 11.8 Å². The minimum Gasteiger partial charge on any atom is -0.345 e. The first-order chi connectivity index (χ1) is 9.39. The van der Waals surface area contributed by atoms with Gasteiger partial charge in [0, 0.05) is 19.3 Å². The molecule has 0 saturated carbocycles. The minimum atomic E-state index is -1.07. The van der Waals surface area contributed by atoms with E-state index in [2.05, 4.69) is 12.2 Å². The number of carbonyl (C=O) groups is 2. The van der Waals surface area contributed by atoms with E-state index in [9.17, 15) is 9.59 Å². The Balaban J connectivity index is 2.71. The Morgan fingerprint density at radius 3 is 2.35 bits per heavy atom. The van der Waals surface area contributed by atoms with Crippen molar-refractivity contribution in [1.82, 2.24) is 4.90 Å². The molecule has 1 aromatic carbocycles. The summed E-state index contributed by atoms with van der Waals surface area (Å²) in [5, 5.41) is 2.79. The molecule has 110 valence electrons. The third kappa shape index (κ3) is 4.08. The molecule has 0 heterocycles. The molecule has 0 aliphatic carbocycles. The average molecular weight is 276 g/mol. The van der Waals surface area contributed by atoms with Crippen molar-refractivity contribution in [3.05, 3.63) is 30.3 Å². The molecule has 2 amide bonds. The molecule has 0 atom stereocenters. The summed E-state index contributed by atoms with van der Waals surface area (Å²) in [7, 11) is 1.75. The van der Waals surface area contributed by atoms with Gasteiger partial charge in [-0.3, -0.25) is 9.59 Å². The van der Waals surface area contributed by atoms with Gasteiger partial charge in [-0.05, 0) is 32.4 Å². The molecule has 4 nitrogen and oxygen atoms in total. The minimum absolute atomic E-state index is 0.153. The summed E-state index contributed by atoms with van der Waals surface area (Å²) >= 11 is 0. The Morgan fingerprint density at radius 2 is 1.80 bits per heavy atom. The lowest BCUT2D eigenvalue weighted by Gasteiger charge is -2.28. The number of nitrogens with zero attached hydrogens (tertiary/aromatic N) is 1. The third-order valence-corrected chi connectivity index (χ3v) is 3.33. The van der Waals surface area contributed by atoms with Crippen LogP contribution in [0, 0.1) is 5.41 Å². The highest BCUT2D eigenvalue weighted by atomic mass is 16.2. The lowest BCUT2D eigenvalue weighted by Crippen LogP contribution is -2.46. The van der Waals surface area contributed by atoms with Crippen LogP contribution in [0.5, 0.6) is 0 Å². The van der Waals surface area contributed by atoms with Crippen molar-refractivity contribution in [3.8, 4) is 0 Å². The lowest BCUT2D eigenvalue weighted by atomic mass is 9.90. The van der Waals surface area contributed by atoms with Gasteiger partial charge in [-0.25, -0.2) is 0 Å². The third-order valence-electron chi connectivity index (χ3n) is 3.33. The summed E-state index contributed by atoms with van der Waals surface area (Å²) in [6.07, 6.45) is 1.97. The van der Waals surface area contributed by atoms with Crippen LogP contribution < -0.4 is 5.32 Å². The Morgan fingerprint density at radius 1 is 1.20 bits per heavy atom. The number of anilines is 1. The Kier molecular flexibility index (Phi) is 5.74. The molecule has 1 rings (SSSR count). The number of para-hydroxylation sites is 1. The van der Waals surface area contributed by atoms with Crippen LogP contribution in [0.1, 0.15) is 33.6 Å². The summed E-state index contributed by atoms with van der Waals surface area (Å²) in [6.45, 7) is 6.08. The fraction of sp³-hybridized carbons (Fsp3) is 0.500. The predicted molar refractivity (Wildman–Crippen MR) is 81.4 cm³/mol. The summed E-state index contributed by atoms with van der Waals surface area (Å²) < 4.78 is 0. The topological polar surface area (TPSA) is 49.4 Å². The first-order valence-electron chi connectivity index (χ1n) is 7.01. The highest BCUT2D eigenvalue weighted by Crippen LogP contribution is 2.21. The standard InChI is InChI=1S/C16H24N2O2/c1-5-6-12-18(4)15(20)16(2,3)14(19)17-13-10-8-7-9-11-13/h7-11H,5-6,12H2,1-4H3,(H,17,19). The zero-order chi connectivity index (χ0) is 15.2. The van der Waals surface area contributed by atoms with Gasteiger partial charge >= 0.3 is 0 Å². The lowest BCUT2D eigenvalue weighted by molar-refractivity contribution is -0.145. The van der Waals surface area contributed by atoms with Crippen LogP contribution in [0.2, 0.25) is 0 Å². The second-order valence-corrected chi connectivity index (χ2v) is 5.53. The van der Waals surface area contributed by atoms with E-state index in [1.165, 1.54) is 0 Å². The van der Waals surface area contributed by atoms with E-state index in [1.54, 1.807) is 37.9 Å². The number of carbonyl (C=O) groups excluding carboxylic acids is 2. The summed E-state index contributed by atoms with van der Waals surface area (Å²) in [6, 6.07) is 9.18. The van der Waals surface area contributed by atoms with Gasteiger partial charge in [-0.1, -0.05) is 31.5 Å². The van der Waals surface area contributed by atoms with Crippen LogP contribution in [0.3, 0.4) is 0 Å². The summed E-state index contributed by atoms with van der Waals surface area (Å²) in [5.41, 5.74) is -0.368. The van der Waals surface area contributed by atoms with Gasteiger partial charge in [0.05, 0.1) is 0 Å². The molecule has 0 saturated heterocycles. The molecular formula is C16H24N2O2. The number of hydrogen-bond acceptors (Lipinski definition) is 2. The number of nitrogens with one attached hydrogen (secondary N) is 1. The Hall–Kier alpha value is -1.84. The maximum absolute atomic E-state index is 12.4. The molecule has 0 aliphatic heterocycles. The van der Waals surface area contributed by atoms with Gasteiger partial charge in [-0.15, -0.1) is 0 Å². The Bertz CT molecular complexity index is 455. The molecule has 20 heavy (non-hydrogen) atoms. The van der Waals surface area contributed by atoms with Crippen LogP contribution in [-0.4, -0.2) is 30.3 Å². The van der Waals surface area contributed by atoms with Gasteiger partial charge < -0.3 is 10.2 Å². The van der Waals surface area contributed by atoms with E-state index in [4.69, 9.17) is 0 Å². The number of hydrogen-bond donors (Lipinski definition) is 1. The van der Waals surface area contributed by atoms with Crippen molar-refractivity contribution < 1.29 is 9.59 Å². The number of unbranched alkanes of at least 4 members (excludes halogenated alkanes) is 1. The number of rotatable bonds is 6. The van der Waals surface area contributed by atoms with Crippen molar-refractivity contribution in [3.63, 3.8) is 0 Å². The molecule has 0 unspecified atom stereocenters. The summed E-state index contributed by atoms with van der Waals surface area (Å²) in [5.74, 6) is -0.434. The van der Waals surface area contributed by atoms with E-state index < -0.39 is 5.41 Å². The van der Waals surface area contributed by atoms with E-state index in [1.807, 2.05) is 18.2 Å². The fourth-order valence-electron chi connectivity index (χ4n) is 1.88. The molecule has 0 bridgehead atoms. The SMILES string of the molecule is CCCCN(C)C(=O)C(C)(C)C(=O)Nc1ccccc1. The van der Waals surface area contributed by atoms with Gasteiger partial charge in [0.15, 0.2) is 0 Å². The van der Waals surface area contributed by atoms with Gasteiger partial charge in [0.2, 0.25) is 11.8 Å². The summed E-state index contributed by atoms with van der Waals surface area (Å²) in [4.78, 5) is 26.3. The molecule has 0 aliphatic rings. The average Bonchev–Trinajstić information content (AvgIpc) is 2.44. The van der Waals surface area contributed by atoms with Crippen LogP contribution in [0.25, 0.3) is 0 Å².